The van der Waals surface area contributed by atoms with E-state index in [0.29, 0.717) is 10.8 Å². The predicted molar refractivity (Wildman–Crippen MR) is 95.1 cm³/mol. The molecule has 1 aliphatic rings. The number of amides is 1. The van der Waals surface area contributed by atoms with E-state index in [-0.39, 0.29) is 24.5 Å². The summed E-state index contributed by atoms with van der Waals surface area (Å²) in [6.45, 7) is 1.46. The van der Waals surface area contributed by atoms with E-state index < -0.39 is 0 Å². The predicted octanol–water partition coefficient (Wildman–Crippen LogP) is 3.95. The summed E-state index contributed by atoms with van der Waals surface area (Å²) in [7, 11) is 0. The summed E-state index contributed by atoms with van der Waals surface area (Å²) in [6.07, 6.45) is 3.13. The maximum absolute atomic E-state index is 12.4. The molecule has 0 N–H and O–H groups in total. The van der Waals surface area contributed by atoms with Gasteiger partial charge in [0.2, 0.25) is 5.91 Å². The fraction of sp³-hybridized carbons (Fsp3) is 0.368. The molecular formula is C19H21NO3S. The van der Waals surface area contributed by atoms with E-state index in [1.165, 1.54) is 0 Å². The lowest BCUT2D eigenvalue weighted by atomic mass is 10.1. The molecule has 0 unspecified atom stereocenters. The molecule has 0 aliphatic carbocycles. The highest BCUT2D eigenvalue weighted by Gasteiger charge is 2.23. The van der Waals surface area contributed by atoms with Crippen LogP contribution in [0, 0.1) is 0 Å². The summed E-state index contributed by atoms with van der Waals surface area (Å²) in [4.78, 5) is 26.4. The summed E-state index contributed by atoms with van der Waals surface area (Å²) >= 11 is 1.83. The smallest absolute Gasteiger partial charge is 0.223 e. The van der Waals surface area contributed by atoms with Crippen molar-refractivity contribution in [1.82, 2.24) is 4.90 Å². The molecule has 1 fully saturated rings. The largest absolute Gasteiger partial charge is 0.468 e. The third-order valence-electron chi connectivity index (χ3n) is 4.22. The van der Waals surface area contributed by atoms with Gasteiger partial charge >= 0.3 is 0 Å². The van der Waals surface area contributed by atoms with Gasteiger partial charge in [0.15, 0.2) is 5.78 Å². The zero-order valence-corrected chi connectivity index (χ0v) is 14.3. The topological polar surface area (TPSA) is 50.5 Å². The minimum atomic E-state index is 0.0293. The van der Waals surface area contributed by atoms with Crippen LogP contribution in [0.15, 0.2) is 53.1 Å². The minimum Gasteiger partial charge on any atom is -0.468 e. The normalized spacial score (nSPS) is 18.2. The van der Waals surface area contributed by atoms with Crippen molar-refractivity contribution in [3.8, 4) is 0 Å². The molecule has 1 atom stereocenters. The number of ketones is 1. The molecule has 5 heteroatoms. The quantitative estimate of drug-likeness (QED) is 0.771. The maximum atomic E-state index is 12.4. The summed E-state index contributed by atoms with van der Waals surface area (Å²) in [6, 6.07) is 13.1. The lowest BCUT2D eigenvalue weighted by molar-refractivity contribution is -0.130. The van der Waals surface area contributed by atoms with Gasteiger partial charge in [-0.1, -0.05) is 30.3 Å². The Hall–Kier alpha value is -2.01. The Bertz CT molecular complexity index is 669. The Balaban J connectivity index is 1.49. The first-order chi connectivity index (χ1) is 11.7. The molecule has 1 aliphatic heterocycles. The molecule has 0 bridgehead atoms. The van der Waals surface area contributed by atoms with E-state index in [4.69, 9.17) is 4.42 Å². The monoisotopic (exact) mass is 343 g/mol. The standard InChI is InChI=1S/C19H21NO3S/c21-16(15-5-2-1-3-6-15)8-9-19(22)20-11-10-18(24-14-12-20)17-7-4-13-23-17/h1-7,13,18H,8-12,14H2/t18-/m1/s1. The fourth-order valence-corrected chi connectivity index (χ4v) is 4.05. The molecular weight excluding hydrogens is 322 g/mol. The van der Waals surface area contributed by atoms with Gasteiger partial charge in [-0.05, 0) is 18.6 Å². The van der Waals surface area contributed by atoms with Crippen molar-refractivity contribution in [3.05, 3.63) is 60.1 Å². The number of furan rings is 1. The van der Waals surface area contributed by atoms with E-state index in [2.05, 4.69) is 0 Å². The third-order valence-corrected chi connectivity index (χ3v) is 5.51. The molecule has 0 radical (unpaired) electrons. The molecule has 1 aromatic heterocycles. The summed E-state index contributed by atoms with van der Waals surface area (Å²) < 4.78 is 5.48. The number of carbonyl (C=O) groups is 2. The third kappa shape index (κ3) is 4.29. The highest BCUT2D eigenvalue weighted by Crippen LogP contribution is 2.34. The van der Waals surface area contributed by atoms with Gasteiger partial charge < -0.3 is 9.32 Å². The highest BCUT2D eigenvalue weighted by atomic mass is 32.2. The number of nitrogens with zero attached hydrogens (tertiary/aromatic N) is 1. The first-order valence-electron chi connectivity index (χ1n) is 8.25. The fourth-order valence-electron chi connectivity index (χ4n) is 2.87. The second-order valence-corrected chi connectivity index (χ2v) is 7.14. The Morgan fingerprint density at radius 1 is 1.08 bits per heavy atom. The van der Waals surface area contributed by atoms with Crippen molar-refractivity contribution in [3.63, 3.8) is 0 Å². The molecule has 0 saturated carbocycles. The molecule has 2 heterocycles. The van der Waals surface area contributed by atoms with Gasteiger partial charge in [0.05, 0.1) is 11.5 Å². The zero-order chi connectivity index (χ0) is 16.8. The number of carbonyl (C=O) groups excluding carboxylic acids is 2. The van der Waals surface area contributed by atoms with Crippen LogP contribution in [0.4, 0.5) is 0 Å². The zero-order valence-electron chi connectivity index (χ0n) is 13.5. The molecule has 24 heavy (non-hydrogen) atoms. The number of hydrogen-bond donors (Lipinski definition) is 0. The van der Waals surface area contributed by atoms with Crippen LogP contribution in [-0.4, -0.2) is 35.4 Å². The Morgan fingerprint density at radius 2 is 1.92 bits per heavy atom. The first kappa shape index (κ1) is 16.8. The Kier molecular flexibility index (Phi) is 5.75. The van der Waals surface area contributed by atoms with Crippen LogP contribution in [0.5, 0.6) is 0 Å². The lowest BCUT2D eigenvalue weighted by Gasteiger charge is -2.20. The van der Waals surface area contributed by atoms with Gasteiger partial charge in [0.25, 0.3) is 0 Å². The lowest BCUT2D eigenvalue weighted by Crippen LogP contribution is -2.33. The Labute approximate surface area is 146 Å². The second-order valence-electron chi connectivity index (χ2n) is 5.83. The van der Waals surface area contributed by atoms with E-state index in [1.807, 2.05) is 47.0 Å². The van der Waals surface area contributed by atoms with Crippen molar-refractivity contribution in [2.45, 2.75) is 24.5 Å². The van der Waals surface area contributed by atoms with Crippen molar-refractivity contribution in [2.75, 3.05) is 18.8 Å². The second kappa shape index (κ2) is 8.20. The summed E-state index contributed by atoms with van der Waals surface area (Å²) in [5.41, 5.74) is 0.676. The van der Waals surface area contributed by atoms with Crippen LogP contribution in [0.2, 0.25) is 0 Å². The van der Waals surface area contributed by atoms with Crippen molar-refractivity contribution < 1.29 is 14.0 Å². The SMILES string of the molecule is O=C(CCC(=O)N1CCS[C@@H](c2ccco2)CC1)c1ccccc1. The maximum Gasteiger partial charge on any atom is 0.223 e. The van der Waals surface area contributed by atoms with Gasteiger partial charge in [0.1, 0.15) is 5.76 Å². The number of Topliss-reactive ketones (excluding diaryl/α,β-unsaturated/α-hetero) is 1. The van der Waals surface area contributed by atoms with Gasteiger partial charge in [0, 0.05) is 37.2 Å². The van der Waals surface area contributed by atoms with Gasteiger partial charge in [-0.25, -0.2) is 0 Å². The van der Waals surface area contributed by atoms with Gasteiger partial charge in [-0.2, -0.15) is 0 Å². The minimum absolute atomic E-state index is 0.0293. The van der Waals surface area contributed by atoms with Gasteiger partial charge in [-0.3, -0.25) is 9.59 Å². The number of benzene rings is 1. The molecule has 1 saturated heterocycles. The van der Waals surface area contributed by atoms with Crippen molar-refractivity contribution in [1.29, 1.82) is 0 Å². The van der Waals surface area contributed by atoms with E-state index in [1.54, 1.807) is 18.4 Å². The van der Waals surface area contributed by atoms with Crippen LogP contribution in [0.1, 0.15) is 40.6 Å². The molecule has 0 spiro atoms. The number of rotatable bonds is 5. The van der Waals surface area contributed by atoms with Crippen molar-refractivity contribution >= 4 is 23.5 Å². The molecule has 1 amide bonds. The highest BCUT2D eigenvalue weighted by molar-refractivity contribution is 7.99. The molecule has 4 nitrogen and oxygen atoms in total. The summed E-state index contributed by atoms with van der Waals surface area (Å²) in [5.74, 6) is 1.97. The van der Waals surface area contributed by atoms with Crippen LogP contribution >= 0.6 is 11.8 Å². The molecule has 1 aromatic carbocycles. The Morgan fingerprint density at radius 3 is 2.67 bits per heavy atom. The van der Waals surface area contributed by atoms with E-state index >= 15 is 0 Å². The van der Waals surface area contributed by atoms with Crippen LogP contribution < -0.4 is 0 Å². The average molecular weight is 343 g/mol. The first-order valence-corrected chi connectivity index (χ1v) is 9.30. The van der Waals surface area contributed by atoms with Crippen molar-refractivity contribution in [2.24, 2.45) is 0 Å². The van der Waals surface area contributed by atoms with Crippen LogP contribution in [0.25, 0.3) is 0 Å². The molecule has 126 valence electrons. The molecule has 3 rings (SSSR count). The van der Waals surface area contributed by atoms with Crippen LogP contribution in [-0.2, 0) is 4.79 Å². The van der Waals surface area contributed by atoms with E-state index in [0.717, 1.165) is 31.0 Å². The molecule has 2 aromatic rings. The van der Waals surface area contributed by atoms with E-state index in [9.17, 15) is 9.59 Å². The summed E-state index contributed by atoms with van der Waals surface area (Å²) in [5, 5.41) is 0.309. The average Bonchev–Trinajstić information content (AvgIpc) is 3.04. The number of thioether (sulfide) groups is 1. The van der Waals surface area contributed by atoms with Gasteiger partial charge in [-0.15, -0.1) is 11.8 Å². The van der Waals surface area contributed by atoms with Crippen LogP contribution in [0.3, 0.4) is 0 Å². The number of hydrogen-bond acceptors (Lipinski definition) is 4.